The number of anilines is 2. The molecule has 0 aromatic heterocycles. The molecule has 1 aromatic rings. The van der Waals surface area contributed by atoms with Crippen molar-refractivity contribution in [2.75, 3.05) is 17.2 Å². The van der Waals surface area contributed by atoms with Crippen LogP contribution in [0.4, 0.5) is 15.8 Å². The summed E-state index contributed by atoms with van der Waals surface area (Å²) in [5.41, 5.74) is 6.31. The van der Waals surface area contributed by atoms with Crippen LogP contribution in [0.15, 0.2) is 18.2 Å². The number of nitrogens with two attached hydrogens (primary N) is 1. The number of nitrogen functional groups attached to an aromatic ring is 1. The molecule has 3 nitrogen and oxygen atoms in total. The van der Waals surface area contributed by atoms with Crippen molar-refractivity contribution < 1.29 is 9.18 Å². The third-order valence-electron chi connectivity index (χ3n) is 2.86. The van der Waals surface area contributed by atoms with Gasteiger partial charge in [0.05, 0.1) is 5.69 Å². The Morgan fingerprint density at radius 2 is 2.06 bits per heavy atom. The van der Waals surface area contributed by atoms with Gasteiger partial charge in [0.25, 0.3) is 0 Å². The zero-order valence-corrected chi connectivity index (χ0v) is 9.08. The van der Waals surface area contributed by atoms with Gasteiger partial charge in [0.2, 0.25) is 5.91 Å². The lowest BCUT2D eigenvalue weighted by atomic mass is 10.2. The van der Waals surface area contributed by atoms with Crippen molar-refractivity contribution in [2.24, 2.45) is 0 Å². The number of nitrogens with zero attached hydrogens (tertiary/aromatic N) is 1. The summed E-state index contributed by atoms with van der Waals surface area (Å²) < 4.78 is 13.7. The maximum Gasteiger partial charge on any atom is 0.227 e. The molecule has 0 spiro atoms. The first-order chi connectivity index (χ1) is 7.70. The number of benzene rings is 1. The first-order valence-corrected chi connectivity index (χ1v) is 5.54. The van der Waals surface area contributed by atoms with E-state index in [0.29, 0.717) is 18.7 Å². The molecule has 0 bridgehead atoms. The standard InChI is InChI=1S/C12H15FN2O/c13-9-5-4-6-10(14)12(9)15-8-3-1-2-7-11(15)16/h4-6H,1-3,7-8,14H2. The molecule has 0 radical (unpaired) electrons. The van der Waals surface area contributed by atoms with Gasteiger partial charge in [0, 0.05) is 13.0 Å². The molecular weight excluding hydrogens is 207 g/mol. The molecule has 1 aliphatic rings. The Labute approximate surface area is 94.0 Å². The molecule has 0 unspecified atom stereocenters. The second kappa shape index (κ2) is 4.51. The van der Waals surface area contributed by atoms with Gasteiger partial charge in [-0.3, -0.25) is 4.79 Å². The Bertz CT molecular complexity index is 386. The van der Waals surface area contributed by atoms with Crippen molar-refractivity contribution >= 4 is 17.3 Å². The van der Waals surface area contributed by atoms with Crippen LogP contribution in [-0.2, 0) is 4.79 Å². The first-order valence-electron chi connectivity index (χ1n) is 5.54. The SMILES string of the molecule is Nc1cccc(F)c1N1CCCCCC1=O. The highest BCUT2D eigenvalue weighted by Crippen LogP contribution is 2.29. The summed E-state index contributed by atoms with van der Waals surface area (Å²) in [4.78, 5) is 13.3. The van der Waals surface area contributed by atoms with Gasteiger partial charge in [-0.15, -0.1) is 0 Å². The van der Waals surface area contributed by atoms with Crippen LogP contribution in [-0.4, -0.2) is 12.5 Å². The van der Waals surface area contributed by atoms with E-state index in [-0.39, 0.29) is 11.6 Å². The Morgan fingerprint density at radius 1 is 1.25 bits per heavy atom. The molecule has 4 heteroatoms. The average Bonchev–Trinajstić information content (AvgIpc) is 2.44. The molecule has 0 atom stereocenters. The molecule has 2 rings (SSSR count). The van der Waals surface area contributed by atoms with Gasteiger partial charge < -0.3 is 10.6 Å². The van der Waals surface area contributed by atoms with E-state index in [1.165, 1.54) is 11.0 Å². The van der Waals surface area contributed by atoms with Crippen LogP contribution in [0.2, 0.25) is 0 Å². The molecule has 1 heterocycles. The quantitative estimate of drug-likeness (QED) is 0.741. The normalized spacial score (nSPS) is 17.3. The Balaban J connectivity index is 2.37. The van der Waals surface area contributed by atoms with Crippen LogP contribution in [0.25, 0.3) is 0 Å². The van der Waals surface area contributed by atoms with E-state index in [4.69, 9.17) is 5.73 Å². The molecule has 2 N–H and O–H groups in total. The summed E-state index contributed by atoms with van der Waals surface area (Å²) in [6, 6.07) is 4.51. The van der Waals surface area contributed by atoms with E-state index in [1.54, 1.807) is 12.1 Å². The summed E-state index contributed by atoms with van der Waals surface area (Å²) in [6.45, 7) is 0.559. The fraction of sp³-hybridized carbons (Fsp3) is 0.417. The molecule has 1 saturated heterocycles. The van der Waals surface area contributed by atoms with Crippen LogP contribution >= 0.6 is 0 Å². The van der Waals surface area contributed by atoms with Crippen molar-refractivity contribution in [3.8, 4) is 0 Å². The topological polar surface area (TPSA) is 46.3 Å². The number of carbonyl (C=O) groups excluding carboxylic acids is 1. The van der Waals surface area contributed by atoms with E-state index in [0.717, 1.165) is 19.3 Å². The van der Waals surface area contributed by atoms with Crippen molar-refractivity contribution in [2.45, 2.75) is 25.7 Å². The number of halogens is 1. The van der Waals surface area contributed by atoms with Gasteiger partial charge in [-0.2, -0.15) is 0 Å². The molecule has 0 aliphatic carbocycles. The van der Waals surface area contributed by atoms with Crippen LogP contribution < -0.4 is 10.6 Å². The van der Waals surface area contributed by atoms with Crippen LogP contribution in [0.5, 0.6) is 0 Å². The summed E-state index contributed by atoms with van der Waals surface area (Å²) in [6.07, 6.45) is 3.27. The van der Waals surface area contributed by atoms with Crippen LogP contribution in [0, 0.1) is 5.82 Å². The number of amides is 1. The van der Waals surface area contributed by atoms with Gasteiger partial charge in [-0.1, -0.05) is 12.5 Å². The minimum atomic E-state index is -0.421. The Hall–Kier alpha value is -1.58. The predicted octanol–water partition coefficient (Wildman–Crippen LogP) is 2.31. The van der Waals surface area contributed by atoms with E-state index in [2.05, 4.69) is 0 Å². The third-order valence-corrected chi connectivity index (χ3v) is 2.86. The zero-order valence-electron chi connectivity index (χ0n) is 9.08. The smallest absolute Gasteiger partial charge is 0.227 e. The highest BCUT2D eigenvalue weighted by Gasteiger charge is 2.22. The lowest BCUT2D eigenvalue weighted by Gasteiger charge is -2.22. The van der Waals surface area contributed by atoms with Crippen molar-refractivity contribution in [3.05, 3.63) is 24.0 Å². The predicted molar refractivity (Wildman–Crippen MR) is 61.6 cm³/mol. The van der Waals surface area contributed by atoms with E-state index < -0.39 is 5.82 Å². The van der Waals surface area contributed by atoms with Gasteiger partial charge in [-0.25, -0.2) is 4.39 Å². The summed E-state index contributed by atoms with van der Waals surface area (Å²) >= 11 is 0. The van der Waals surface area contributed by atoms with Crippen LogP contribution in [0.1, 0.15) is 25.7 Å². The molecule has 1 amide bonds. The molecular formula is C12H15FN2O. The van der Waals surface area contributed by atoms with Gasteiger partial charge in [0.1, 0.15) is 11.5 Å². The molecule has 16 heavy (non-hydrogen) atoms. The highest BCUT2D eigenvalue weighted by molar-refractivity contribution is 5.96. The zero-order chi connectivity index (χ0) is 11.5. The second-order valence-corrected chi connectivity index (χ2v) is 4.03. The second-order valence-electron chi connectivity index (χ2n) is 4.03. The van der Waals surface area contributed by atoms with Crippen molar-refractivity contribution in [1.82, 2.24) is 0 Å². The highest BCUT2D eigenvalue weighted by atomic mass is 19.1. The molecule has 86 valence electrons. The minimum Gasteiger partial charge on any atom is -0.397 e. The Kier molecular flexibility index (Phi) is 3.08. The largest absolute Gasteiger partial charge is 0.397 e. The van der Waals surface area contributed by atoms with Crippen molar-refractivity contribution in [3.63, 3.8) is 0 Å². The monoisotopic (exact) mass is 222 g/mol. The average molecular weight is 222 g/mol. The fourth-order valence-corrected chi connectivity index (χ4v) is 2.04. The van der Waals surface area contributed by atoms with Gasteiger partial charge in [-0.05, 0) is 25.0 Å². The third kappa shape index (κ3) is 2.01. The minimum absolute atomic E-state index is 0.0331. The van der Waals surface area contributed by atoms with Gasteiger partial charge in [0.15, 0.2) is 0 Å². The number of carbonyl (C=O) groups is 1. The van der Waals surface area contributed by atoms with Crippen molar-refractivity contribution in [1.29, 1.82) is 0 Å². The van der Waals surface area contributed by atoms with E-state index in [9.17, 15) is 9.18 Å². The first kappa shape index (κ1) is 10.9. The number of rotatable bonds is 1. The summed E-state index contributed by atoms with van der Waals surface area (Å²) in [5.74, 6) is -0.454. The maximum atomic E-state index is 13.7. The Morgan fingerprint density at radius 3 is 2.81 bits per heavy atom. The molecule has 0 saturated carbocycles. The number of para-hydroxylation sites is 1. The number of hydrogen-bond acceptors (Lipinski definition) is 2. The summed E-state index contributed by atoms with van der Waals surface area (Å²) in [5, 5.41) is 0. The summed E-state index contributed by atoms with van der Waals surface area (Å²) in [7, 11) is 0. The fourth-order valence-electron chi connectivity index (χ4n) is 2.04. The lowest BCUT2D eigenvalue weighted by Crippen LogP contribution is -2.31. The molecule has 1 fully saturated rings. The number of hydrogen-bond donors (Lipinski definition) is 1. The van der Waals surface area contributed by atoms with E-state index in [1.807, 2.05) is 0 Å². The lowest BCUT2D eigenvalue weighted by molar-refractivity contribution is -0.118. The molecule has 1 aromatic carbocycles. The molecule has 1 aliphatic heterocycles. The van der Waals surface area contributed by atoms with Gasteiger partial charge >= 0.3 is 0 Å². The van der Waals surface area contributed by atoms with E-state index >= 15 is 0 Å². The van der Waals surface area contributed by atoms with Crippen LogP contribution in [0.3, 0.4) is 0 Å². The maximum absolute atomic E-state index is 13.7.